The van der Waals surface area contributed by atoms with Crippen molar-refractivity contribution in [3.63, 3.8) is 0 Å². The van der Waals surface area contributed by atoms with Crippen LogP contribution in [0.1, 0.15) is 51.0 Å². The average Bonchev–Trinajstić information content (AvgIpc) is 3.95. The standard InChI is InChI=1S/C22H18BClF2N4O3.C22H16BrClF2N4O/c24-15-8-13(16(25)9-17(15)26)22-14(11-30(29-22)21-3-1-2-6-33-21)18-4-5-19-20(28-18)7-12(10-27-19)23(31)32;23-12-7-20-19(27-10-12)5-4-18(28-20)14-11-30(21-3-1-2-6-31-21)29-22(14)13-8-15(24)17(26)9-16(13)25/h4-5,7-11,21,31-32H,1-3,6H2;4-5,7-11,21H,1-3,6H2. The average molecular weight is 976 g/mol. The van der Waals surface area contributed by atoms with Crippen molar-refractivity contribution in [2.75, 3.05) is 13.2 Å². The van der Waals surface area contributed by atoms with E-state index in [2.05, 4.69) is 41.1 Å². The Bertz CT molecular complexity index is 3040. The molecule has 8 heterocycles. The summed E-state index contributed by atoms with van der Waals surface area (Å²) in [5, 5.41) is 27.7. The topological polar surface area (TPSA) is 146 Å². The largest absolute Gasteiger partial charge is 0.490 e. The van der Waals surface area contributed by atoms with E-state index < -0.39 is 30.4 Å². The SMILES string of the molecule is Fc1cc(F)c(-c2nn(C3CCCCO3)cc2-c2ccc3ncc(Br)cc3n2)cc1Cl.OB(O)c1cnc2ccc(-c3cn(C4CCCCO4)nc3-c3cc(Cl)c(F)cc3F)nc2c1. The maximum atomic E-state index is 14.8. The molecular formula is C44H34BBrCl2F4N8O4. The van der Waals surface area contributed by atoms with Crippen molar-refractivity contribution in [2.24, 2.45) is 0 Å². The summed E-state index contributed by atoms with van der Waals surface area (Å²) in [6.07, 6.45) is 11.5. The van der Waals surface area contributed by atoms with Crippen LogP contribution in [0.15, 0.2) is 89.9 Å². The van der Waals surface area contributed by atoms with Crippen molar-refractivity contribution >= 4 is 73.8 Å². The zero-order valence-corrected chi connectivity index (χ0v) is 36.5. The molecule has 0 bridgehead atoms. The zero-order chi connectivity index (χ0) is 44.6. The van der Waals surface area contributed by atoms with Crippen LogP contribution in [0.25, 0.3) is 67.1 Å². The van der Waals surface area contributed by atoms with Gasteiger partial charge in [0.15, 0.2) is 0 Å². The molecule has 8 aromatic rings. The molecule has 2 atom stereocenters. The van der Waals surface area contributed by atoms with Crippen LogP contribution in [-0.2, 0) is 9.47 Å². The Labute approximate surface area is 381 Å². The van der Waals surface area contributed by atoms with Crippen molar-refractivity contribution in [2.45, 2.75) is 51.0 Å². The minimum absolute atomic E-state index is 0.0329. The first-order valence-electron chi connectivity index (χ1n) is 20.2. The number of ether oxygens (including phenoxy) is 2. The Morgan fingerprint density at radius 2 is 1.08 bits per heavy atom. The first-order valence-corrected chi connectivity index (χ1v) is 21.7. The Morgan fingerprint density at radius 1 is 0.594 bits per heavy atom. The van der Waals surface area contributed by atoms with Gasteiger partial charge >= 0.3 is 7.12 Å². The lowest BCUT2D eigenvalue weighted by molar-refractivity contribution is -0.0394. The van der Waals surface area contributed by atoms with Crippen LogP contribution in [0, 0.1) is 23.3 Å². The van der Waals surface area contributed by atoms with Crippen LogP contribution in [-0.4, -0.2) is 69.9 Å². The molecule has 0 spiro atoms. The highest BCUT2D eigenvalue weighted by Gasteiger charge is 2.26. The molecule has 0 aliphatic carbocycles. The molecule has 2 saturated heterocycles. The van der Waals surface area contributed by atoms with E-state index in [1.165, 1.54) is 24.4 Å². The van der Waals surface area contributed by atoms with Gasteiger partial charge in [0, 0.05) is 82.3 Å². The summed E-state index contributed by atoms with van der Waals surface area (Å²) in [5.41, 5.74) is 5.38. The number of aromatic nitrogens is 8. The van der Waals surface area contributed by atoms with Crippen molar-refractivity contribution in [1.29, 1.82) is 0 Å². The summed E-state index contributed by atoms with van der Waals surface area (Å²) in [6, 6.07) is 14.4. The Balaban J connectivity index is 0.000000162. The lowest BCUT2D eigenvalue weighted by Gasteiger charge is -2.22. The molecule has 10 rings (SSSR count). The maximum Gasteiger partial charge on any atom is 0.490 e. The van der Waals surface area contributed by atoms with Gasteiger partial charge in [0.05, 0.1) is 43.5 Å². The Hall–Kier alpha value is -5.34. The van der Waals surface area contributed by atoms with Crippen LogP contribution in [0.3, 0.4) is 0 Å². The second kappa shape index (κ2) is 18.6. The van der Waals surface area contributed by atoms with Gasteiger partial charge in [-0.2, -0.15) is 10.2 Å². The third-order valence-electron chi connectivity index (χ3n) is 10.8. The number of benzene rings is 2. The molecule has 2 N–H and O–H groups in total. The van der Waals surface area contributed by atoms with Crippen molar-refractivity contribution < 1.29 is 37.1 Å². The molecule has 2 unspecified atom stereocenters. The number of hydrogen-bond donors (Lipinski definition) is 2. The molecular weight excluding hydrogens is 942 g/mol. The highest BCUT2D eigenvalue weighted by molar-refractivity contribution is 9.10. The second-order valence-electron chi connectivity index (χ2n) is 15.1. The first kappa shape index (κ1) is 43.9. The van der Waals surface area contributed by atoms with Crippen LogP contribution >= 0.6 is 39.1 Å². The van der Waals surface area contributed by atoms with Crippen LogP contribution in [0.4, 0.5) is 17.6 Å². The van der Waals surface area contributed by atoms with Crippen molar-refractivity contribution in [3.05, 3.63) is 123 Å². The fraction of sp³-hybridized carbons (Fsp3) is 0.227. The molecule has 12 nitrogen and oxygen atoms in total. The number of pyridine rings is 4. The van der Waals surface area contributed by atoms with Gasteiger partial charge in [-0.05, 0) is 103 Å². The number of rotatable bonds is 7. The van der Waals surface area contributed by atoms with Crippen LogP contribution < -0.4 is 5.46 Å². The van der Waals surface area contributed by atoms with Crippen molar-refractivity contribution in [3.8, 4) is 45.0 Å². The summed E-state index contributed by atoms with van der Waals surface area (Å²) >= 11 is 15.3. The summed E-state index contributed by atoms with van der Waals surface area (Å²) in [6.45, 7) is 1.23. The van der Waals surface area contributed by atoms with Gasteiger partial charge in [-0.15, -0.1) is 0 Å². The predicted octanol–water partition coefficient (Wildman–Crippen LogP) is 10.0. The molecule has 64 heavy (non-hydrogen) atoms. The molecule has 2 aliphatic rings. The third-order valence-corrected chi connectivity index (χ3v) is 11.8. The van der Waals surface area contributed by atoms with Gasteiger partial charge in [0.1, 0.15) is 47.1 Å². The summed E-state index contributed by atoms with van der Waals surface area (Å²) in [4.78, 5) is 17.8. The monoisotopic (exact) mass is 974 g/mol. The van der Waals surface area contributed by atoms with Gasteiger partial charge < -0.3 is 19.5 Å². The molecule has 0 saturated carbocycles. The van der Waals surface area contributed by atoms with Gasteiger partial charge in [0.2, 0.25) is 0 Å². The number of halogens is 7. The van der Waals surface area contributed by atoms with E-state index in [0.29, 0.717) is 58.0 Å². The predicted molar refractivity (Wildman–Crippen MR) is 237 cm³/mol. The molecule has 20 heteroatoms. The smallest absolute Gasteiger partial charge is 0.423 e. The van der Waals surface area contributed by atoms with Gasteiger partial charge in [-0.1, -0.05) is 23.2 Å². The van der Waals surface area contributed by atoms with Crippen LogP contribution in [0.5, 0.6) is 0 Å². The highest BCUT2D eigenvalue weighted by Crippen LogP contribution is 2.38. The minimum Gasteiger partial charge on any atom is -0.423 e. The first-order chi connectivity index (χ1) is 30.9. The molecule has 2 aliphatic heterocycles. The fourth-order valence-electron chi connectivity index (χ4n) is 7.57. The fourth-order valence-corrected chi connectivity index (χ4v) is 8.22. The molecule has 6 aromatic heterocycles. The lowest BCUT2D eigenvalue weighted by Crippen LogP contribution is -2.30. The van der Waals surface area contributed by atoms with E-state index in [1.807, 2.05) is 12.1 Å². The number of nitrogens with zero attached hydrogens (tertiary/aromatic N) is 8. The summed E-state index contributed by atoms with van der Waals surface area (Å²) < 4.78 is 72.9. The summed E-state index contributed by atoms with van der Waals surface area (Å²) in [5.74, 6) is -3.23. The van der Waals surface area contributed by atoms with E-state index in [9.17, 15) is 27.6 Å². The van der Waals surface area contributed by atoms with Gasteiger partial charge in [0.25, 0.3) is 0 Å². The van der Waals surface area contributed by atoms with E-state index in [4.69, 9.17) is 37.7 Å². The van der Waals surface area contributed by atoms with Crippen LogP contribution in [0.2, 0.25) is 10.0 Å². The highest BCUT2D eigenvalue weighted by atomic mass is 79.9. The van der Waals surface area contributed by atoms with E-state index in [-0.39, 0.29) is 44.8 Å². The number of hydrogen-bond acceptors (Lipinski definition) is 10. The normalized spacial score (nSPS) is 16.5. The zero-order valence-electron chi connectivity index (χ0n) is 33.4. The molecule has 326 valence electrons. The summed E-state index contributed by atoms with van der Waals surface area (Å²) in [7, 11) is -1.69. The number of fused-ring (bicyclic) bond motifs is 2. The Morgan fingerprint density at radius 3 is 1.55 bits per heavy atom. The Kier molecular flexibility index (Phi) is 12.8. The molecule has 0 amide bonds. The van der Waals surface area contributed by atoms with Gasteiger partial charge in [-0.25, -0.2) is 36.9 Å². The molecule has 2 aromatic carbocycles. The molecule has 0 radical (unpaired) electrons. The minimum atomic E-state index is -1.69. The van der Waals surface area contributed by atoms with E-state index in [0.717, 1.165) is 60.6 Å². The maximum absolute atomic E-state index is 14.8. The molecule has 2 fully saturated rings. The van der Waals surface area contributed by atoms with Crippen molar-refractivity contribution in [1.82, 2.24) is 39.5 Å². The van der Waals surface area contributed by atoms with E-state index in [1.54, 1.807) is 46.2 Å². The third kappa shape index (κ3) is 9.13. The van der Waals surface area contributed by atoms with E-state index >= 15 is 0 Å². The second-order valence-corrected chi connectivity index (χ2v) is 16.9. The quantitative estimate of drug-likeness (QED) is 0.0899. The van der Waals surface area contributed by atoms with Gasteiger partial charge in [-0.3, -0.25) is 9.97 Å². The lowest BCUT2D eigenvalue weighted by atomic mass is 9.81.